The van der Waals surface area contributed by atoms with Gasteiger partial charge in [0.05, 0.1) is 5.60 Å². The lowest BCUT2D eigenvalue weighted by Gasteiger charge is -2.48. The predicted octanol–water partition coefficient (Wildman–Crippen LogP) is 3.69. The number of ether oxygens (including phenoxy) is 1. The minimum absolute atomic E-state index is 0.0160. The molecule has 2 fully saturated rings. The average Bonchev–Trinajstić information content (AvgIpc) is 2.48. The van der Waals surface area contributed by atoms with Crippen LogP contribution in [0.3, 0.4) is 0 Å². The summed E-state index contributed by atoms with van der Waals surface area (Å²) in [5.74, 6) is 2.48. The number of nitrogens with two attached hydrogens (primary N) is 1. The first-order valence-corrected chi connectivity index (χ1v) is 8.94. The molecule has 0 saturated carbocycles. The highest BCUT2D eigenvalue weighted by Crippen LogP contribution is 2.44. The van der Waals surface area contributed by atoms with Crippen molar-refractivity contribution in [3.63, 3.8) is 0 Å². The summed E-state index contributed by atoms with van der Waals surface area (Å²) < 4.78 is 19.7. The van der Waals surface area contributed by atoms with Gasteiger partial charge >= 0.3 is 0 Å². The predicted molar refractivity (Wildman–Crippen MR) is 85.9 cm³/mol. The molecule has 0 bridgehead atoms. The molecule has 21 heavy (non-hydrogen) atoms. The fourth-order valence-corrected chi connectivity index (χ4v) is 4.93. The van der Waals surface area contributed by atoms with Crippen molar-refractivity contribution >= 4 is 11.8 Å². The monoisotopic (exact) mass is 309 g/mol. The molecule has 2 unspecified atom stereocenters. The van der Waals surface area contributed by atoms with Crippen LogP contribution in [-0.2, 0) is 10.3 Å². The Morgan fingerprint density at radius 1 is 1.38 bits per heavy atom. The second kappa shape index (κ2) is 5.90. The number of benzene rings is 1. The molecule has 2 aliphatic rings. The third-order valence-corrected chi connectivity index (χ3v) is 6.18. The summed E-state index contributed by atoms with van der Waals surface area (Å²) in [5.41, 5.74) is 7.06. The summed E-state index contributed by atoms with van der Waals surface area (Å²) in [6, 6.07) is 6.76. The Morgan fingerprint density at radius 3 is 2.86 bits per heavy atom. The molecule has 2 aliphatic heterocycles. The molecule has 2 saturated heterocycles. The van der Waals surface area contributed by atoms with Gasteiger partial charge in [-0.2, -0.15) is 11.8 Å². The molecule has 2 N–H and O–H groups in total. The van der Waals surface area contributed by atoms with Crippen molar-refractivity contribution in [3.05, 3.63) is 35.6 Å². The van der Waals surface area contributed by atoms with Crippen molar-refractivity contribution in [1.82, 2.24) is 0 Å². The van der Waals surface area contributed by atoms with Crippen LogP contribution in [0.25, 0.3) is 0 Å². The summed E-state index contributed by atoms with van der Waals surface area (Å²) in [5, 5.41) is 0. The Balaban J connectivity index is 1.81. The Bertz CT molecular complexity index is 494. The van der Waals surface area contributed by atoms with E-state index in [0.717, 1.165) is 37.9 Å². The zero-order valence-corrected chi connectivity index (χ0v) is 13.4. The number of halogens is 1. The molecule has 0 amide bonds. The lowest BCUT2D eigenvalue weighted by atomic mass is 9.70. The van der Waals surface area contributed by atoms with Gasteiger partial charge in [0.25, 0.3) is 0 Å². The standard InChI is InChI=1S/C17H24FNOS/c1-16(19,13-3-2-4-15(18)11-13)14-5-8-20-17(12-14)6-9-21-10-7-17/h2-4,11,14H,5-10,12,19H2,1H3. The number of rotatable bonds is 2. The van der Waals surface area contributed by atoms with Crippen LogP contribution in [0.5, 0.6) is 0 Å². The average molecular weight is 309 g/mol. The molecule has 2 atom stereocenters. The number of thioether (sulfide) groups is 1. The molecular formula is C17H24FNOS. The van der Waals surface area contributed by atoms with Gasteiger partial charge in [0.1, 0.15) is 5.82 Å². The molecule has 116 valence electrons. The zero-order chi connectivity index (χ0) is 14.9. The molecule has 3 rings (SSSR count). The normalized spacial score (nSPS) is 28.2. The largest absolute Gasteiger partial charge is 0.375 e. The van der Waals surface area contributed by atoms with Crippen molar-refractivity contribution in [2.75, 3.05) is 18.1 Å². The maximum atomic E-state index is 13.5. The Kier molecular flexibility index (Phi) is 4.30. The third kappa shape index (κ3) is 3.13. The van der Waals surface area contributed by atoms with Gasteiger partial charge in [-0.3, -0.25) is 0 Å². The SMILES string of the molecule is CC(N)(c1cccc(F)c1)C1CCOC2(CCSCC2)C1. The van der Waals surface area contributed by atoms with Crippen LogP contribution in [0.1, 0.15) is 38.2 Å². The van der Waals surface area contributed by atoms with Crippen LogP contribution in [-0.4, -0.2) is 23.7 Å². The van der Waals surface area contributed by atoms with E-state index in [1.165, 1.54) is 17.6 Å². The molecule has 1 aromatic carbocycles. The maximum Gasteiger partial charge on any atom is 0.123 e. The zero-order valence-electron chi connectivity index (χ0n) is 12.6. The minimum Gasteiger partial charge on any atom is -0.375 e. The van der Waals surface area contributed by atoms with Gasteiger partial charge in [0.2, 0.25) is 0 Å². The van der Waals surface area contributed by atoms with E-state index in [0.29, 0.717) is 5.92 Å². The van der Waals surface area contributed by atoms with Crippen LogP contribution >= 0.6 is 11.8 Å². The van der Waals surface area contributed by atoms with Crippen LogP contribution < -0.4 is 5.73 Å². The second-order valence-electron chi connectivity index (χ2n) is 6.63. The number of hydrogen-bond acceptors (Lipinski definition) is 3. The van der Waals surface area contributed by atoms with Crippen molar-refractivity contribution in [2.45, 2.75) is 43.7 Å². The van der Waals surface area contributed by atoms with Gasteiger partial charge in [0, 0.05) is 12.1 Å². The van der Waals surface area contributed by atoms with E-state index >= 15 is 0 Å². The van der Waals surface area contributed by atoms with E-state index in [1.54, 1.807) is 12.1 Å². The number of hydrogen-bond donors (Lipinski definition) is 1. The first-order chi connectivity index (χ1) is 10.0. The molecule has 1 aromatic rings. The third-order valence-electron chi connectivity index (χ3n) is 5.19. The van der Waals surface area contributed by atoms with E-state index < -0.39 is 5.54 Å². The van der Waals surface area contributed by atoms with Gasteiger partial charge in [0.15, 0.2) is 0 Å². The van der Waals surface area contributed by atoms with Crippen LogP contribution in [0, 0.1) is 11.7 Å². The first-order valence-electron chi connectivity index (χ1n) is 7.79. The highest BCUT2D eigenvalue weighted by Gasteiger charge is 2.44. The van der Waals surface area contributed by atoms with Gasteiger partial charge in [-0.25, -0.2) is 4.39 Å². The van der Waals surface area contributed by atoms with Crippen molar-refractivity contribution in [3.8, 4) is 0 Å². The highest BCUT2D eigenvalue weighted by atomic mass is 32.2. The van der Waals surface area contributed by atoms with Crippen molar-refractivity contribution < 1.29 is 9.13 Å². The molecule has 4 heteroatoms. The maximum absolute atomic E-state index is 13.5. The van der Waals surface area contributed by atoms with E-state index in [2.05, 4.69) is 0 Å². The quantitative estimate of drug-likeness (QED) is 0.905. The minimum atomic E-state index is -0.497. The van der Waals surface area contributed by atoms with Crippen molar-refractivity contribution in [2.24, 2.45) is 11.7 Å². The van der Waals surface area contributed by atoms with E-state index in [-0.39, 0.29) is 11.4 Å². The summed E-state index contributed by atoms with van der Waals surface area (Å²) in [6.07, 6.45) is 4.19. The van der Waals surface area contributed by atoms with Gasteiger partial charge in [-0.15, -0.1) is 0 Å². The molecule has 1 spiro atoms. The topological polar surface area (TPSA) is 35.2 Å². The van der Waals surface area contributed by atoms with E-state index in [4.69, 9.17) is 10.5 Å². The lowest BCUT2D eigenvalue weighted by Crippen LogP contribution is -2.51. The highest BCUT2D eigenvalue weighted by molar-refractivity contribution is 7.99. The summed E-state index contributed by atoms with van der Waals surface area (Å²) in [4.78, 5) is 0. The summed E-state index contributed by atoms with van der Waals surface area (Å²) in [7, 11) is 0. The molecule has 0 radical (unpaired) electrons. The smallest absolute Gasteiger partial charge is 0.123 e. The van der Waals surface area contributed by atoms with Gasteiger partial charge < -0.3 is 10.5 Å². The van der Waals surface area contributed by atoms with E-state index in [1.807, 2.05) is 24.8 Å². The molecule has 2 heterocycles. The Hall–Kier alpha value is -0.580. The fourth-order valence-electron chi connectivity index (χ4n) is 3.69. The Labute approximate surface area is 130 Å². The molecule has 0 aromatic heterocycles. The van der Waals surface area contributed by atoms with Crippen molar-refractivity contribution in [1.29, 1.82) is 0 Å². The molecular weight excluding hydrogens is 285 g/mol. The van der Waals surface area contributed by atoms with Crippen LogP contribution in [0.4, 0.5) is 4.39 Å². The van der Waals surface area contributed by atoms with Crippen LogP contribution in [0.15, 0.2) is 24.3 Å². The van der Waals surface area contributed by atoms with E-state index in [9.17, 15) is 4.39 Å². The molecule has 2 nitrogen and oxygen atoms in total. The summed E-state index contributed by atoms with van der Waals surface area (Å²) >= 11 is 2.01. The lowest BCUT2D eigenvalue weighted by molar-refractivity contribution is -0.113. The van der Waals surface area contributed by atoms with Gasteiger partial charge in [-0.1, -0.05) is 12.1 Å². The molecule has 0 aliphatic carbocycles. The first kappa shape index (κ1) is 15.3. The fraction of sp³-hybridized carbons (Fsp3) is 0.647. The van der Waals surface area contributed by atoms with Gasteiger partial charge in [-0.05, 0) is 67.7 Å². The van der Waals surface area contributed by atoms with Crippen LogP contribution in [0.2, 0.25) is 0 Å². The second-order valence-corrected chi connectivity index (χ2v) is 7.85. The summed E-state index contributed by atoms with van der Waals surface area (Å²) in [6.45, 7) is 2.82. The Morgan fingerprint density at radius 2 is 2.14 bits per heavy atom.